The molecule has 98 valence electrons. The molecule has 2 aliphatic heterocycles. The third-order valence-corrected chi connectivity index (χ3v) is 3.88. The van der Waals surface area contributed by atoms with Crippen LogP contribution in [0.3, 0.4) is 0 Å². The standard InChI is InChI=1S/C12H19N5O/c18-12(11-6-13-7-11)16-4-1-2-10(8-16)9-17-5-3-14-15-17/h3,5,10-11,13H,1-2,4,6-9H2. The lowest BCUT2D eigenvalue weighted by atomic mass is 9.95. The van der Waals surface area contributed by atoms with E-state index in [2.05, 4.69) is 15.6 Å². The highest BCUT2D eigenvalue weighted by Gasteiger charge is 2.32. The number of carbonyl (C=O) groups excluding carboxylic acids is 1. The lowest BCUT2D eigenvalue weighted by Gasteiger charge is -2.37. The van der Waals surface area contributed by atoms with Crippen LogP contribution >= 0.6 is 0 Å². The van der Waals surface area contributed by atoms with E-state index in [4.69, 9.17) is 0 Å². The maximum absolute atomic E-state index is 12.2. The quantitative estimate of drug-likeness (QED) is 0.801. The number of rotatable bonds is 3. The van der Waals surface area contributed by atoms with Crippen molar-refractivity contribution in [2.24, 2.45) is 11.8 Å². The predicted octanol–water partition coefficient (Wildman–Crippen LogP) is -0.264. The van der Waals surface area contributed by atoms with Crippen molar-refractivity contribution in [3.63, 3.8) is 0 Å². The van der Waals surface area contributed by atoms with Crippen LogP contribution in [-0.2, 0) is 11.3 Å². The van der Waals surface area contributed by atoms with E-state index in [0.29, 0.717) is 11.8 Å². The summed E-state index contributed by atoms with van der Waals surface area (Å²) in [4.78, 5) is 14.2. The number of amides is 1. The van der Waals surface area contributed by atoms with Crippen molar-refractivity contribution in [3.8, 4) is 0 Å². The average molecular weight is 249 g/mol. The van der Waals surface area contributed by atoms with Gasteiger partial charge in [-0.25, -0.2) is 0 Å². The van der Waals surface area contributed by atoms with Gasteiger partial charge in [-0.1, -0.05) is 5.21 Å². The van der Waals surface area contributed by atoms with Gasteiger partial charge < -0.3 is 10.2 Å². The van der Waals surface area contributed by atoms with Crippen molar-refractivity contribution >= 4 is 5.91 Å². The Labute approximate surface area is 106 Å². The minimum absolute atomic E-state index is 0.218. The molecule has 0 bridgehead atoms. The molecule has 3 rings (SSSR count). The Bertz CT molecular complexity index is 401. The second-order valence-corrected chi connectivity index (χ2v) is 5.27. The van der Waals surface area contributed by atoms with Crippen LogP contribution in [0.15, 0.2) is 12.4 Å². The van der Waals surface area contributed by atoms with Gasteiger partial charge in [0, 0.05) is 38.9 Å². The molecule has 1 N–H and O–H groups in total. The van der Waals surface area contributed by atoms with Gasteiger partial charge in [0.15, 0.2) is 0 Å². The molecule has 1 amide bonds. The molecule has 1 unspecified atom stereocenters. The molecule has 1 aromatic rings. The number of hydrogen-bond donors (Lipinski definition) is 1. The van der Waals surface area contributed by atoms with Crippen LogP contribution in [0.5, 0.6) is 0 Å². The average Bonchev–Trinajstić information content (AvgIpc) is 2.80. The first-order chi connectivity index (χ1) is 8.83. The molecule has 0 saturated carbocycles. The van der Waals surface area contributed by atoms with E-state index in [1.54, 1.807) is 6.20 Å². The molecule has 1 aromatic heterocycles. The molecule has 6 heteroatoms. The van der Waals surface area contributed by atoms with E-state index in [9.17, 15) is 4.79 Å². The maximum atomic E-state index is 12.2. The molecule has 3 heterocycles. The molecule has 0 radical (unpaired) electrons. The van der Waals surface area contributed by atoms with Crippen molar-refractivity contribution < 1.29 is 4.79 Å². The fourth-order valence-corrected chi connectivity index (χ4v) is 2.73. The zero-order valence-electron chi connectivity index (χ0n) is 10.5. The van der Waals surface area contributed by atoms with Crippen molar-refractivity contribution in [2.75, 3.05) is 26.2 Å². The largest absolute Gasteiger partial charge is 0.342 e. The molecule has 0 aliphatic carbocycles. The topological polar surface area (TPSA) is 63.1 Å². The van der Waals surface area contributed by atoms with Crippen molar-refractivity contribution in [1.82, 2.24) is 25.2 Å². The Kier molecular flexibility index (Phi) is 3.27. The van der Waals surface area contributed by atoms with E-state index in [1.807, 2.05) is 15.8 Å². The van der Waals surface area contributed by atoms with Gasteiger partial charge in [0.2, 0.25) is 5.91 Å². The summed E-state index contributed by atoms with van der Waals surface area (Å²) in [5, 5.41) is 11.0. The van der Waals surface area contributed by atoms with E-state index in [-0.39, 0.29) is 5.92 Å². The minimum atomic E-state index is 0.218. The molecule has 6 nitrogen and oxygen atoms in total. The van der Waals surface area contributed by atoms with Gasteiger partial charge in [-0.15, -0.1) is 5.10 Å². The highest BCUT2D eigenvalue weighted by Crippen LogP contribution is 2.20. The summed E-state index contributed by atoms with van der Waals surface area (Å²) in [5.74, 6) is 1.06. The number of likely N-dealkylation sites (tertiary alicyclic amines) is 1. The van der Waals surface area contributed by atoms with Gasteiger partial charge in [-0.3, -0.25) is 9.48 Å². The summed E-state index contributed by atoms with van der Waals surface area (Å²) in [7, 11) is 0. The van der Waals surface area contributed by atoms with Crippen molar-refractivity contribution in [1.29, 1.82) is 0 Å². The van der Waals surface area contributed by atoms with Crippen LogP contribution in [0, 0.1) is 11.8 Å². The minimum Gasteiger partial charge on any atom is -0.342 e. The summed E-state index contributed by atoms with van der Waals surface area (Å²) in [6.45, 7) is 4.36. The van der Waals surface area contributed by atoms with E-state index >= 15 is 0 Å². The van der Waals surface area contributed by atoms with E-state index < -0.39 is 0 Å². The summed E-state index contributed by atoms with van der Waals surface area (Å²) in [6, 6.07) is 0. The van der Waals surface area contributed by atoms with Gasteiger partial charge in [0.25, 0.3) is 0 Å². The second kappa shape index (κ2) is 5.06. The first kappa shape index (κ1) is 11.6. The maximum Gasteiger partial charge on any atom is 0.228 e. The first-order valence-electron chi connectivity index (χ1n) is 6.66. The van der Waals surface area contributed by atoms with Gasteiger partial charge in [0.05, 0.1) is 12.1 Å². The highest BCUT2D eigenvalue weighted by molar-refractivity contribution is 5.80. The summed E-state index contributed by atoms with van der Waals surface area (Å²) in [6.07, 6.45) is 5.86. The Morgan fingerprint density at radius 3 is 3.00 bits per heavy atom. The molecule has 2 fully saturated rings. The molecular weight excluding hydrogens is 230 g/mol. The fraction of sp³-hybridized carbons (Fsp3) is 0.750. The normalized spacial score (nSPS) is 24.9. The number of piperidine rings is 1. The molecule has 1 atom stereocenters. The van der Waals surface area contributed by atoms with Crippen LogP contribution in [-0.4, -0.2) is 52.0 Å². The van der Waals surface area contributed by atoms with Gasteiger partial charge >= 0.3 is 0 Å². The third-order valence-electron chi connectivity index (χ3n) is 3.88. The molecular formula is C12H19N5O. The lowest BCUT2D eigenvalue weighted by Crippen LogP contribution is -2.54. The van der Waals surface area contributed by atoms with Crippen LogP contribution in [0.1, 0.15) is 12.8 Å². The molecule has 0 aromatic carbocycles. The molecule has 18 heavy (non-hydrogen) atoms. The van der Waals surface area contributed by atoms with Gasteiger partial charge in [-0.05, 0) is 18.8 Å². The number of carbonyl (C=O) groups is 1. The van der Waals surface area contributed by atoms with Crippen molar-refractivity contribution in [3.05, 3.63) is 12.4 Å². The Balaban J connectivity index is 1.56. The van der Waals surface area contributed by atoms with Crippen LogP contribution in [0.25, 0.3) is 0 Å². The Hall–Kier alpha value is -1.43. The van der Waals surface area contributed by atoms with Crippen LogP contribution < -0.4 is 5.32 Å². The van der Waals surface area contributed by atoms with E-state index in [1.165, 1.54) is 6.42 Å². The third kappa shape index (κ3) is 2.38. The van der Waals surface area contributed by atoms with Crippen molar-refractivity contribution in [2.45, 2.75) is 19.4 Å². The fourth-order valence-electron chi connectivity index (χ4n) is 2.73. The molecule has 2 aliphatic rings. The SMILES string of the molecule is O=C(C1CNC1)N1CCCC(Cn2ccnn2)C1. The smallest absolute Gasteiger partial charge is 0.228 e. The Morgan fingerprint density at radius 2 is 2.33 bits per heavy atom. The summed E-state index contributed by atoms with van der Waals surface area (Å²) >= 11 is 0. The lowest BCUT2D eigenvalue weighted by molar-refractivity contribution is -0.139. The van der Waals surface area contributed by atoms with Gasteiger partial charge in [0.1, 0.15) is 0 Å². The van der Waals surface area contributed by atoms with Crippen LogP contribution in [0.2, 0.25) is 0 Å². The number of nitrogens with zero attached hydrogens (tertiary/aromatic N) is 4. The summed E-state index contributed by atoms with van der Waals surface area (Å²) < 4.78 is 1.86. The first-order valence-corrected chi connectivity index (χ1v) is 6.66. The highest BCUT2D eigenvalue weighted by atomic mass is 16.2. The number of nitrogens with one attached hydrogen (secondary N) is 1. The zero-order valence-corrected chi connectivity index (χ0v) is 10.5. The number of hydrogen-bond acceptors (Lipinski definition) is 4. The van der Waals surface area contributed by atoms with E-state index in [0.717, 1.165) is 39.1 Å². The predicted molar refractivity (Wildman–Crippen MR) is 65.7 cm³/mol. The zero-order chi connectivity index (χ0) is 12.4. The Morgan fingerprint density at radius 1 is 1.44 bits per heavy atom. The summed E-state index contributed by atoms with van der Waals surface area (Å²) in [5.41, 5.74) is 0. The van der Waals surface area contributed by atoms with Crippen LogP contribution in [0.4, 0.5) is 0 Å². The molecule has 0 spiro atoms. The monoisotopic (exact) mass is 249 g/mol. The number of aromatic nitrogens is 3. The molecule has 2 saturated heterocycles. The second-order valence-electron chi connectivity index (χ2n) is 5.27. The van der Waals surface area contributed by atoms with Gasteiger partial charge in [-0.2, -0.15) is 0 Å².